The number of carbonyl (C=O) groups is 6. The first-order chi connectivity index (χ1) is 27.6. The smallest absolute Gasteiger partial charge is 0.245 e. The van der Waals surface area contributed by atoms with Crippen LogP contribution in [0.1, 0.15) is 64.0 Å². The Labute approximate surface area is 339 Å². The van der Waals surface area contributed by atoms with Crippen LogP contribution in [0.3, 0.4) is 0 Å². The zero-order valence-electron chi connectivity index (χ0n) is 33.5. The number of aliphatic hydroxyl groups is 1. The molecule has 0 bridgehead atoms. The molecule has 6 atom stereocenters. The number of nitrogens with one attached hydrogen (secondary N) is 5. The number of guanidine groups is 1. The lowest BCUT2D eigenvalue weighted by atomic mass is 9.99. The van der Waals surface area contributed by atoms with Crippen molar-refractivity contribution in [3.8, 4) is 5.75 Å². The van der Waals surface area contributed by atoms with Crippen molar-refractivity contribution in [2.75, 3.05) is 26.2 Å². The Bertz CT molecular complexity index is 1700. The molecule has 13 N–H and O–H groups in total. The van der Waals surface area contributed by atoms with Gasteiger partial charge in [0.05, 0.1) is 6.61 Å². The van der Waals surface area contributed by atoms with E-state index in [4.69, 9.17) is 17.2 Å². The van der Waals surface area contributed by atoms with Crippen LogP contribution in [0.2, 0.25) is 0 Å². The van der Waals surface area contributed by atoms with E-state index in [2.05, 4.69) is 31.6 Å². The lowest BCUT2D eigenvalue weighted by molar-refractivity contribution is -0.142. The quantitative estimate of drug-likeness (QED) is 0.0378. The van der Waals surface area contributed by atoms with Crippen LogP contribution in [0.15, 0.2) is 59.6 Å². The third-order valence-corrected chi connectivity index (χ3v) is 9.55. The predicted octanol–water partition coefficient (Wildman–Crippen LogP) is -1.34. The van der Waals surface area contributed by atoms with Gasteiger partial charge in [0.15, 0.2) is 5.96 Å². The summed E-state index contributed by atoms with van der Waals surface area (Å²) in [5.41, 5.74) is 18.0. The van der Waals surface area contributed by atoms with Gasteiger partial charge in [-0.25, -0.2) is 0 Å². The van der Waals surface area contributed by atoms with E-state index in [1.54, 1.807) is 49.4 Å². The molecule has 58 heavy (non-hydrogen) atoms. The van der Waals surface area contributed by atoms with E-state index in [1.807, 2.05) is 13.8 Å². The van der Waals surface area contributed by atoms with Gasteiger partial charge in [-0.05, 0) is 68.2 Å². The third-order valence-electron chi connectivity index (χ3n) is 9.55. The number of likely N-dealkylation sites (N-methyl/N-ethyl adjacent to an activating group) is 1. The fraction of sp³-hybridized carbons (Fsp3) is 0.525. The standard InChI is InChI=1S/C40H60N10O8/c1-4-44-38(57)33-13-9-19-50(33)39(58)29(12-8-18-45-40(42)43)46-35(54)30(20-24(2)3)48-37(56)32(21-25-10-6-5-7-11-25)49-36(55)31(47-34(53)28(41)23-51)22-26-14-16-27(52)17-15-26/h5-7,10-11,14-17,24,28-33,51-52H,4,8-9,12-13,18-23,41H2,1-3H3,(H,44,57)(H,46,54)(H,47,53)(H,48,56)(H,49,55)(H4,42,43,45)/t28-,29-,30-,31-,32+,33-/m0/s1. The molecule has 1 aliphatic rings. The maximum absolute atomic E-state index is 14.2. The molecule has 3 rings (SSSR count). The van der Waals surface area contributed by atoms with E-state index >= 15 is 0 Å². The van der Waals surface area contributed by atoms with Gasteiger partial charge in [0, 0.05) is 32.5 Å². The van der Waals surface area contributed by atoms with Crippen LogP contribution in [0.4, 0.5) is 0 Å². The van der Waals surface area contributed by atoms with Crippen LogP contribution in [0, 0.1) is 5.92 Å². The van der Waals surface area contributed by atoms with Crippen LogP contribution < -0.4 is 43.8 Å². The summed E-state index contributed by atoms with van der Waals surface area (Å²) in [5.74, 6) is -3.84. The van der Waals surface area contributed by atoms with Crippen LogP contribution in [-0.2, 0) is 41.6 Å². The summed E-state index contributed by atoms with van der Waals surface area (Å²) in [6.07, 6.45) is 1.67. The van der Waals surface area contributed by atoms with Crippen molar-refractivity contribution in [3.63, 3.8) is 0 Å². The topological polar surface area (TPSA) is 297 Å². The molecular formula is C40H60N10O8. The summed E-state index contributed by atoms with van der Waals surface area (Å²) in [4.78, 5) is 87.4. The van der Waals surface area contributed by atoms with E-state index in [0.717, 1.165) is 0 Å². The highest BCUT2D eigenvalue weighted by Gasteiger charge is 2.38. The monoisotopic (exact) mass is 808 g/mol. The number of aromatic hydroxyl groups is 1. The van der Waals surface area contributed by atoms with Crippen LogP contribution in [0.5, 0.6) is 5.75 Å². The highest BCUT2D eigenvalue weighted by atomic mass is 16.3. The number of nitrogens with two attached hydrogens (primary N) is 3. The van der Waals surface area contributed by atoms with Crippen LogP contribution in [0.25, 0.3) is 0 Å². The minimum Gasteiger partial charge on any atom is -0.508 e. The Morgan fingerprint density at radius 1 is 0.810 bits per heavy atom. The number of hydrogen-bond donors (Lipinski definition) is 10. The molecule has 1 heterocycles. The predicted molar refractivity (Wildman–Crippen MR) is 218 cm³/mol. The van der Waals surface area contributed by atoms with Crippen LogP contribution >= 0.6 is 0 Å². The van der Waals surface area contributed by atoms with Gasteiger partial charge in [-0.1, -0.05) is 56.3 Å². The molecule has 2 aromatic carbocycles. The number of aliphatic imine (C=N–C) groups is 1. The van der Waals surface area contributed by atoms with Gasteiger partial charge in [-0.3, -0.25) is 33.8 Å². The first kappa shape index (κ1) is 46.6. The molecule has 6 amide bonds. The molecule has 18 heteroatoms. The van der Waals surface area contributed by atoms with Crippen molar-refractivity contribution in [2.45, 2.75) is 102 Å². The Kier molecular flexibility index (Phi) is 18.9. The first-order valence-corrected chi connectivity index (χ1v) is 19.7. The zero-order chi connectivity index (χ0) is 42.8. The number of amides is 6. The van der Waals surface area contributed by atoms with Crippen molar-refractivity contribution in [1.29, 1.82) is 0 Å². The number of phenolic OH excluding ortho intramolecular Hbond substituents is 1. The summed E-state index contributed by atoms with van der Waals surface area (Å²) in [7, 11) is 0. The van der Waals surface area contributed by atoms with Gasteiger partial charge >= 0.3 is 0 Å². The number of likely N-dealkylation sites (tertiary alicyclic amines) is 1. The molecule has 0 aromatic heterocycles. The van der Waals surface area contributed by atoms with Crippen molar-refractivity contribution in [1.82, 2.24) is 31.5 Å². The average Bonchev–Trinajstić information content (AvgIpc) is 3.69. The molecule has 0 saturated carbocycles. The highest BCUT2D eigenvalue weighted by molar-refractivity contribution is 5.97. The number of benzene rings is 2. The summed E-state index contributed by atoms with van der Waals surface area (Å²) < 4.78 is 0. The van der Waals surface area contributed by atoms with E-state index in [1.165, 1.54) is 17.0 Å². The van der Waals surface area contributed by atoms with Crippen LogP contribution in [-0.4, -0.2) is 119 Å². The molecule has 1 aliphatic heterocycles. The molecule has 1 saturated heterocycles. The Hall–Kier alpha value is -5.75. The van der Waals surface area contributed by atoms with E-state index in [9.17, 15) is 39.0 Å². The van der Waals surface area contributed by atoms with Gasteiger partial charge < -0.3 is 58.9 Å². The second-order valence-corrected chi connectivity index (χ2v) is 14.8. The second kappa shape index (κ2) is 23.5. The number of hydrogen-bond acceptors (Lipinski definition) is 10. The summed E-state index contributed by atoms with van der Waals surface area (Å²) in [6, 6.07) is 8.12. The van der Waals surface area contributed by atoms with Crippen molar-refractivity contribution >= 4 is 41.4 Å². The summed E-state index contributed by atoms with van der Waals surface area (Å²) in [5, 5.41) is 32.9. The molecule has 0 spiro atoms. The molecule has 318 valence electrons. The first-order valence-electron chi connectivity index (χ1n) is 19.7. The van der Waals surface area contributed by atoms with Gasteiger partial charge in [0.25, 0.3) is 0 Å². The molecule has 0 unspecified atom stereocenters. The van der Waals surface area contributed by atoms with Crippen molar-refractivity contribution in [2.24, 2.45) is 28.1 Å². The zero-order valence-corrected chi connectivity index (χ0v) is 33.5. The number of phenols is 1. The Morgan fingerprint density at radius 2 is 1.36 bits per heavy atom. The average molecular weight is 809 g/mol. The fourth-order valence-corrected chi connectivity index (χ4v) is 6.57. The van der Waals surface area contributed by atoms with Gasteiger partial charge in [0.2, 0.25) is 35.4 Å². The maximum atomic E-state index is 14.2. The summed E-state index contributed by atoms with van der Waals surface area (Å²) in [6.45, 7) is 5.75. The van der Waals surface area contributed by atoms with Gasteiger partial charge in [0.1, 0.15) is 42.0 Å². The molecule has 2 aromatic rings. The minimum atomic E-state index is -1.32. The van der Waals surface area contributed by atoms with E-state index in [0.29, 0.717) is 43.5 Å². The van der Waals surface area contributed by atoms with Crippen molar-refractivity contribution < 1.29 is 39.0 Å². The number of carbonyl (C=O) groups excluding carboxylic acids is 6. The lowest BCUT2D eigenvalue weighted by Crippen LogP contribution is -2.60. The molecule has 0 aliphatic carbocycles. The third kappa shape index (κ3) is 15.0. The maximum Gasteiger partial charge on any atom is 0.245 e. The molecule has 0 radical (unpaired) electrons. The minimum absolute atomic E-state index is 0.00285. The fourth-order valence-electron chi connectivity index (χ4n) is 6.57. The SMILES string of the molecule is CCNC(=O)[C@@H]1CCCN1C(=O)[C@H](CCCN=C(N)N)NC(=O)[C@H](CC(C)C)NC(=O)[C@@H](Cc1ccccc1)NC(=O)[C@H](Cc1ccc(O)cc1)NC(=O)[C@@H](N)CO. The number of nitrogens with zero attached hydrogens (tertiary/aromatic N) is 2. The van der Waals surface area contributed by atoms with Crippen molar-refractivity contribution in [3.05, 3.63) is 65.7 Å². The number of aliphatic hydroxyl groups excluding tert-OH is 1. The van der Waals surface area contributed by atoms with E-state index in [-0.39, 0.29) is 55.8 Å². The van der Waals surface area contributed by atoms with Gasteiger partial charge in [-0.15, -0.1) is 0 Å². The van der Waals surface area contributed by atoms with Gasteiger partial charge in [-0.2, -0.15) is 0 Å². The second-order valence-electron chi connectivity index (χ2n) is 14.8. The Morgan fingerprint density at radius 3 is 1.93 bits per heavy atom. The van der Waals surface area contributed by atoms with E-state index < -0.39 is 72.4 Å². The molecule has 18 nitrogen and oxygen atoms in total. The highest BCUT2D eigenvalue weighted by Crippen LogP contribution is 2.20. The molecular weight excluding hydrogens is 749 g/mol. The summed E-state index contributed by atoms with van der Waals surface area (Å²) >= 11 is 0. The molecule has 1 fully saturated rings. The number of rotatable bonds is 22. The lowest BCUT2D eigenvalue weighted by Gasteiger charge is -2.30. The Balaban J connectivity index is 1.90. The largest absolute Gasteiger partial charge is 0.508 e. The normalized spacial score (nSPS) is 16.2.